The molecule has 0 amide bonds. The number of rotatable bonds is 1. The van der Waals surface area contributed by atoms with Gasteiger partial charge < -0.3 is 4.98 Å². The third-order valence-corrected chi connectivity index (χ3v) is 4.96. The molecule has 1 aromatic rings. The van der Waals surface area contributed by atoms with E-state index in [1.165, 1.54) is 42.5 Å². The molecular formula is C17H22N2. The number of hydrogen-bond donors (Lipinski definition) is 1. The third kappa shape index (κ3) is 2.23. The smallest absolute Gasteiger partial charge is 0.0950 e. The molecule has 0 saturated heterocycles. The van der Waals surface area contributed by atoms with Crippen molar-refractivity contribution in [2.24, 2.45) is 11.8 Å². The van der Waals surface area contributed by atoms with E-state index < -0.39 is 0 Å². The van der Waals surface area contributed by atoms with Gasteiger partial charge in [-0.25, -0.2) is 0 Å². The molecule has 1 saturated carbocycles. The molecule has 2 aliphatic carbocycles. The van der Waals surface area contributed by atoms with Crippen molar-refractivity contribution in [1.29, 1.82) is 5.26 Å². The van der Waals surface area contributed by atoms with Gasteiger partial charge in [-0.1, -0.05) is 26.7 Å². The predicted octanol–water partition coefficient (Wildman–Crippen LogP) is 4.41. The summed E-state index contributed by atoms with van der Waals surface area (Å²) in [6, 6.07) is 2.37. The second-order valence-electron chi connectivity index (χ2n) is 6.41. The van der Waals surface area contributed by atoms with Crippen LogP contribution in [0.2, 0.25) is 0 Å². The summed E-state index contributed by atoms with van der Waals surface area (Å²) in [4.78, 5) is 3.46. The normalized spacial score (nSPS) is 30.4. The van der Waals surface area contributed by atoms with Gasteiger partial charge in [0.05, 0.1) is 6.07 Å². The maximum atomic E-state index is 9.23. The van der Waals surface area contributed by atoms with Crippen molar-refractivity contribution < 1.29 is 0 Å². The zero-order chi connectivity index (χ0) is 13.4. The molecule has 1 heterocycles. The number of nitrogens with zero attached hydrogens (tertiary/aromatic N) is 1. The van der Waals surface area contributed by atoms with E-state index in [9.17, 15) is 5.26 Å². The largest absolute Gasteiger partial charge is 0.364 e. The van der Waals surface area contributed by atoms with Crippen LogP contribution in [-0.4, -0.2) is 4.98 Å². The zero-order valence-corrected chi connectivity index (χ0v) is 11.9. The number of aromatic amines is 1. The van der Waals surface area contributed by atoms with E-state index in [-0.39, 0.29) is 0 Å². The van der Waals surface area contributed by atoms with Crippen molar-refractivity contribution in [3.05, 3.63) is 28.6 Å². The minimum atomic E-state index is 0.357. The number of allylic oxidation sites excluding steroid dienone is 1. The first-order chi connectivity index (χ1) is 9.19. The summed E-state index contributed by atoms with van der Waals surface area (Å²) in [5.74, 6) is 1.94. The molecule has 1 atom stereocenters. The Morgan fingerprint density at radius 1 is 1.21 bits per heavy atom. The molecule has 1 unspecified atom stereocenters. The van der Waals surface area contributed by atoms with Crippen LogP contribution in [0.1, 0.15) is 62.3 Å². The molecule has 2 aliphatic rings. The molecule has 2 nitrogen and oxygen atoms in total. The van der Waals surface area contributed by atoms with Crippen LogP contribution in [0, 0.1) is 23.2 Å². The van der Waals surface area contributed by atoms with Gasteiger partial charge in [-0.15, -0.1) is 0 Å². The Bertz CT molecular complexity index is 536. The molecule has 1 aromatic heterocycles. The van der Waals surface area contributed by atoms with Crippen molar-refractivity contribution in [2.45, 2.75) is 51.9 Å². The van der Waals surface area contributed by atoms with Gasteiger partial charge in [0, 0.05) is 17.5 Å². The molecule has 0 bridgehead atoms. The van der Waals surface area contributed by atoms with Crippen molar-refractivity contribution in [1.82, 2.24) is 4.98 Å². The SMILES string of the molecule is CC1CCC(c2c[nH]c3c2C=C(C#N)C(C)C3)CC1. The van der Waals surface area contributed by atoms with Crippen LogP contribution in [0.15, 0.2) is 11.8 Å². The molecule has 1 fully saturated rings. The van der Waals surface area contributed by atoms with Gasteiger partial charge in [-0.3, -0.25) is 0 Å². The topological polar surface area (TPSA) is 39.6 Å². The third-order valence-electron chi connectivity index (χ3n) is 4.96. The molecule has 0 radical (unpaired) electrons. The van der Waals surface area contributed by atoms with Gasteiger partial charge in [-0.2, -0.15) is 5.26 Å². The summed E-state index contributed by atoms with van der Waals surface area (Å²) >= 11 is 0. The summed E-state index contributed by atoms with van der Waals surface area (Å²) in [6.45, 7) is 4.50. The first-order valence-corrected chi connectivity index (χ1v) is 7.51. The van der Waals surface area contributed by atoms with Gasteiger partial charge >= 0.3 is 0 Å². The highest BCUT2D eigenvalue weighted by atomic mass is 14.7. The molecule has 1 N–H and O–H groups in total. The highest BCUT2D eigenvalue weighted by molar-refractivity contribution is 5.66. The monoisotopic (exact) mass is 254 g/mol. The fraction of sp³-hybridized carbons (Fsp3) is 0.588. The number of nitriles is 1. The Balaban J connectivity index is 1.91. The lowest BCUT2D eigenvalue weighted by Gasteiger charge is -2.27. The van der Waals surface area contributed by atoms with Crippen LogP contribution < -0.4 is 0 Å². The second-order valence-corrected chi connectivity index (χ2v) is 6.41. The Morgan fingerprint density at radius 2 is 1.95 bits per heavy atom. The highest BCUT2D eigenvalue weighted by Crippen LogP contribution is 2.40. The molecule has 3 rings (SSSR count). The minimum absolute atomic E-state index is 0.357. The Morgan fingerprint density at radius 3 is 2.63 bits per heavy atom. The van der Waals surface area contributed by atoms with E-state index in [0.29, 0.717) is 11.8 Å². The number of H-pyrrole nitrogens is 1. The number of fused-ring (bicyclic) bond motifs is 1. The molecule has 100 valence electrons. The first-order valence-electron chi connectivity index (χ1n) is 7.51. The van der Waals surface area contributed by atoms with Crippen LogP contribution in [-0.2, 0) is 6.42 Å². The fourth-order valence-electron chi connectivity index (χ4n) is 3.60. The van der Waals surface area contributed by atoms with Crippen molar-refractivity contribution in [3.63, 3.8) is 0 Å². The Kier molecular flexibility index (Phi) is 3.22. The highest BCUT2D eigenvalue weighted by Gasteiger charge is 2.26. The van der Waals surface area contributed by atoms with Crippen LogP contribution in [0.3, 0.4) is 0 Å². The van der Waals surface area contributed by atoms with Crippen molar-refractivity contribution in [2.75, 3.05) is 0 Å². The Hall–Kier alpha value is -1.49. The van der Waals surface area contributed by atoms with Gasteiger partial charge in [0.25, 0.3) is 0 Å². The lowest BCUT2D eigenvalue weighted by Crippen LogP contribution is -2.13. The average molecular weight is 254 g/mol. The van der Waals surface area contributed by atoms with Gasteiger partial charge in [0.15, 0.2) is 0 Å². The summed E-state index contributed by atoms with van der Waals surface area (Å²) in [7, 11) is 0. The number of aromatic nitrogens is 1. The van der Waals surface area contributed by atoms with E-state index in [0.717, 1.165) is 17.9 Å². The molecule has 0 spiro atoms. The Labute approximate surface area is 115 Å². The van der Waals surface area contributed by atoms with E-state index in [4.69, 9.17) is 0 Å². The van der Waals surface area contributed by atoms with Crippen LogP contribution >= 0.6 is 0 Å². The summed E-state index contributed by atoms with van der Waals surface area (Å²) in [5, 5.41) is 9.23. The van der Waals surface area contributed by atoms with Crippen LogP contribution in [0.4, 0.5) is 0 Å². The maximum absolute atomic E-state index is 9.23. The lowest BCUT2D eigenvalue weighted by atomic mass is 9.77. The number of hydrogen-bond acceptors (Lipinski definition) is 1. The molecular weight excluding hydrogens is 232 g/mol. The van der Waals surface area contributed by atoms with Gasteiger partial charge in [0.1, 0.15) is 0 Å². The summed E-state index contributed by atoms with van der Waals surface area (Å²) in [5.41, 5.74) is 5.06. The maximum Gasteiger partial charge on any atom is 0.0950 e. The minimum Gasteiger partial charge on any atom is -0.364 e. The van der Waals surface area contributed by atoms with Crippen molar-refractivity contribution in [3.8, 4) is 6.07 Å². The fourth-order valence-corrected chi connectivity index (χ4v) is 3.60. The zero-order valence-electron chi connectivity index (χ0n) is 11.9. The molecule has 19 heavy (non-hydrogen) atoms. The van der Waals surface area contributed by atoms with Crippen LogP contribution in [0.25, 0.3) is 6.08 Å². The summed E-state index contributed by atoms with van der Waals surface area (Å²) < 4.78 is 0. The van der Waals surface area contributed by atoms with E-state index in [1.807, 2.05) is 0 Å². The average Bonchev–Trinajstić information content (AvgIpc) is 2.81. The molecule has 0 aromatic carbocycles. The standard InChI is InChI=1S/C17H22N2/c1-11-3-5-13(6-4-11)16-10-19-17-7-12(2)14(9-18)8-15(16)17/h8,10-13,19H,3-7H2,1-2H3. The quantitative estimate of drug-likeness (QED) is 0.792. The van der Waals surface area contributed by atoms with Gasteiger partial charge in [0.2, 0.25) is 0 Å². The molecule has 0 aliphatic heterocycles. The predicted molar refractivity (Wildman–Crippen MR) is 77.6 cm³/mol. The number of nitrogens with one attached hydrogen (secondary N) is 1. The van der Waals surface area contributed by atoms with Crippen LogP contribution in [0.5, 0.6) is 0 Å². The van der Waals surface area contributed by atoms with Gasteiger partial charge in [-0.05, 0) is 54.2 Å². The van der Waals surface area contributed by atoms with E-state index >= 15 is 0 Å². The second kappa shape index (κ2) is 4.89. The summed E-state index contributed by atoms with van der Waals surface area (Å²) in [6.07, 6.45) is 10.6. The first kappa shape index (κ1) is 12.5. The molecule has 2 heteroatoms. The van der Waals surface area contributed by atoms with E-state index in [2.05, 4.69) is 37.2 Å². The van der Waals surface area contributed by atoms with E-state index in [1.54, 1.807) is 0 Å². The van der Waals surface area contributed by atoms with Crippen molar-refractivity contribution >= 4 is 6.08 Å². The lowest BCUT2D eigenvalue weighted by molar-refractivity contribution is 0.348.